The monoisotopic (exact) mass is 298 g/mol. The van der Waals surface area contributed by atoms with E-state index in [0.29, 0.717) is 24.4 Å². The van der Waals surface area contributed by atoms with E-state index in [1.54, 1.807) is 14.2 Å². The van der Waals surface area contributed by atoms with E-state index >= 15 is 0 Å². The number of nitrogens with zero attached hydrogens (tertiary/aromatic N) is 1. The van der Waals surface area contributed by atoms with E-state index in [1.165, 1.54) is 5.56 Å². The van der Waals surface area contributed by atoms with Crippen LogP contribution in [0.4, 0.5) is 0 Å². The lowest BCUT2D eigenvalue weighted by atomic mass is 10.1. The third-order valence-corrected chi connectivity index (χ3v) is 3.46. The van der Waals surface area contributed by atoms with Gasteiger partial charge in [0.25, 0.3) is 0 Å². The van der Waals surface area contributed by atoms with Gasteiger partial charge in [0.15, 0.2) is 0 Å². The number of benzene rings is 1. The van der Waals surface area contributed by atoms with Crippen LogP contribution < -0.4 is 0 Å². The Bertz CT molecular complexity index is 599. The van der Waals surface area contributed by atoms with E-state index < -0.39 is 0 Å². The fourth-order valence-corrected chi connectivity index (χ4v) is 2.28. The fraction of sp³-hybridized carbons (Fsp3) is 0.333. The molecule has 0 saturated carbocycles. The molecule has 0 aliphatic rings. The number of nitrogens with one attached hydrogen (secondary N) is 1. The Hall–Kier alpha value is -2.04. The molecular formula is C18H22N2O2. The zero-order valence-electron chi connectivity index (χ0n) is 13.1. The van der Waals surface area contributed by atoms with Gasteiger partial charge in [0, 0.05) is 32.8 Å². The molecule has 0 amide bonds. The van der Waals surface area contributed by atoms with Gasteiger partial charge in [0.1, 0.15) is 0 Å². The second-order valence-electron chi connectivity index (χ2n) is 5.17. The quantitative estimate of drug-likeness (QED) is 0.762. The highest BCUT2D eigenvalue weighted by Crippen LogP contribution is 2.10. The van der Waals surface area contributed by atoms with Crippen molar-refractivity contribution in [3.8, 4) is 0 Å². The summed E-state index contributed by atoms with van der Waals surface area (Å²) in [5.41, 5.74) is 3.35. The molecule has 22 heavy (non-hydrogen) atoms. The molecule has 0 bridgehead atoms. The first kappa shape index (κ1) is 16.3. The van der Waals surface area contributed by atoms with Crippen LogP contribution in [0.3, 0.4) is 0 Å². The maximum absolute atomic E-state index is 8.22. The minimum absolute atomic E-state index is 0.114. The largest absolute Gasteiger partial charge is 0.382 e. The van der Waals surface area contributed by atoms with Crippen molar-refractivity contribution in [2.24, 2.45) is 0 Å². The van der Waals surface area contributed by atoms with Gasteiger partial charge >= 0.3 is 0 Å². The van der Waals surface area contributed by atoms with Crippen LogP contribution in [0.5, 0.6) is 0 Å². The molecule has 1 unspecified atom stereocenters. The van der Waals surface area contributed by atoms with Gasteiger partial charge in [-0.3, -0.25) is 4.98 Å². The highest BCUT2D eigenvalue weighted by atomic mass is 16.5. The summed E-state index contributed by atoms with van der Waals surface area (Å²) in [7, 11) is 3.27. The van der Waals surface area contributed by atoms with Crippen molar-refractivity contribution in [3.63, 3.8) is 0 Å². The Balaban J connectivity index is 2.06. The van der Waals surface area contributed by atoms with Crippen LogP contribution in [-0.2, 0) is 15.9 Å². The van der Waals surface area contributed by atoms with E-state index in [4.69, 9.17) is 14.9 Å². The van der Waals surface area contributed by atoms with E-state index in [-0.39, 0.29) is 6.10 Å². The minimum atomic E-state index is -0.114. The van der Waals surface area contributed by atoms with Crippen LogP contribution >= 0.6 is 0 Å². The van der Waals surface area contributed by atoms with Gasteiger partial charge in [0.05, 0.1) is 24.1 Å². The third-order valence-electron chi connectivity index (χ3n) is 3.46. The van der Waals surface area contributed by atoms with Gasteiger partial charge in [-0.15, -0.1) is 0 Å². The van der Waals surface area contributed by atoms with Crippen LogP contribution in [0.25, 0.3) is 0 Å². The number of hydrogen-bond acceptors (Lipinski definition) is 4. The Morgan fingerprint density at radius 3 is 2.55 bits per heavy atom. The Morgan fingerprint density at radius 2 is 1.86 bits per heavy atom. The molecule has 0 fully saturated rings. The topological polar surface area (TPSA) is 55.2 Å². The summed E-state index contributed by atoms with van der Waals surface area (Å²) in [5, 5.41) is 8.22. The molecule has 1 aromatic carbocycles. The number of rotatable bonds is 8. The molecule has 4 heteroatoms. The lowest BCUT2D eigenvalue weighted by Crippen LogP contribution is -2.22. The molecular weight excluding hydrogens is 276 g/mol. The number of hydrogen-bond donors (Lipinski definition) is 1. The van der Waals surface area contributed by atoms with Gasteiger partial charge in [-0.1, -0.05) is 36.4 Å². The predicted octanol–water partition coefficient (Wildman–Crippen LogP) is 3.09. The lowest BCUT2D eigenvalue weighted by Gasteiger charge is -2.14. The maximum Gasteiger partial charge on any atom is 0.0860 e. The second-order valence-corrected chi connectivity index (χ2v) is 5.17. The fourth-order valence-electron chi connectivity index (χ4n) is 2.28. The Labute approximate surface area is 131 Å². The van der Waals surface area contributed by atoms with Crippen molar-refractivity contribution < 1.29 is 9.47 Å². The first-order valence-electron chi connectivity index (χ1n) is 7.32. The summed E-state index contributed by atoms with van der Waals surface area (Å²) < 4.78 is 10.4. The average Bonchev–Trinajstić information content (AvgIpc) is 2.55. The first-order chi connectivity index (χ1) is 10.7. The van der Waals surface area contributed by atoms with Crippen LogP contribution in [0.15, 0.2) is 48.5 Å². The van der Waals surface area contributed by atoms with Crippen LogP contribution in [0.1, 0.15) is 23.4 Å². The number of ether oxygens (including phenoxy) is 2. The van der Waals surface area contributed by atoms with Gasteiger partial charge in [0.2, 0.25) is 0 Å². The van der Waals surface area contributed by atoms with E-state index in [2.05, 4.69) is 17.1 Å². The van der Waals surface area contributed by atoms with Crippen molar-refractivity contribution in [1.82, 2.24) is 4.98 Å². The van der Waals surface area contributed by atoms with E-state index in [1.807, 2.05) is 36.4 Å². The summed E-state index contributed by atoms with van der Waals surface area (Å²) in [5.74, 6) is 0. The predicted molar refractivity (Wildman–Crippen MR) is 87.6 cm³/mol. The molecule has 1 N–H and O–H groups in total. The van der Waals surface area contributed by atoms with E-state index in [9.17, 15) is 0 Å². The standard InChI is InChI=1S/C18H22N2O2/c1-21-13-16(22-2)12-17(19)18-10-6-9-15(20-18)11-14-7-4-3-5-8-14/h3-10,16,19H,11-13H2,1-2H3. The maximum atomic E-state index is 8.22. The molecule has 0 saturated heterocycles. The van der Waals surface area contributed by atoms with Crippen molar-refractivity contribution in [2.45, 2.75) is 18.9 Å². The Morgan fingerprint density at radius 1 is 1.09 bits per heavy atom. The Kier molecular flexibility index (Phi) is 6.25. The zero-order chi connectivity index (χ0) is 15.8. The molecule has 116 valence electrons. The van der Waals surface area contributed by atoms with Crippen molar-refractivity contribution in [1.29, 1.82) is 5.41 Å². The van der Waals surface area contributed by atoms with Crippen molar-refractivity contribution in [2.75, 3.05) is 20.8 Å². The number of methoxy groups -OCH3 is 2. The number of pyridine rings is 1. The average molecular weight is 298 g/mol. The van der Waals surface area contributed by atoms with E-state index in [0.717, 1.165) is 12.1 Å². The SMILES string of the molecule is COCC(CC(=N)c1cccc(Cc2ccccc2)n1)OC. The molecule has 2 aromatic rings. The molecule has 4 nitrogen and oxygen atoms in total. The second kappa shape index (κ2) is 8.41. The molecule has 0 spiro atoms. The number of aromatic nitrogens is 1. The van der Waals surface area contributed by atoms with Crippen molar-refractivity contribution >= 4 is 5.71 Å². The molecule has 1 atom stereocenters. The molecule has 1 heterocycles. The summed E-state index contributed by atoms with van der Waals surface area (Å²) in [4.78, 5) is 4.59. The summed E-state index contributed by atoms with van der Waals surface area (Å²) in [6, 6.07) is 16.0. The molecule has 2 rings (SSSR count). The zero-order valence-corrected chi connectivity index (χ0v) is 13.1. The normalized spacial score (nSPS) is 12.1. The van der Waals surface area contributed by atoms with Crippen LogP contribution in [0, 0.1) is 5.41 Å². The van der Waals surface area contributed by atoms with Crippen LogP contribution in [0.2, 0.25) is 0 Å². The summed E-state index contributed by atoms with van der Waals surface area (Å²) in [6.45, 7) is 0.475. The van der Waals surface area contributed by atoms with Crippen LogP contribution in [-0.4, -0.2) is 37.6 Å². The van der Waals surface area contributed by atoms with Crippen molar-refractivity contribution in [3.05, 3.63) is 65.5 Å². The smallest absolute Gasteiger partial charge is 0.0860 e. The van der Waals surface area contributed by atoms with Gasteiger partial charge in [-0.05, 0) is 17.7 Å². The first-order valence-corrected chi connectivity index (χ1v) is 7.32. The molecule has 0 aliphatic heterocycles. The van der Waals surface area contributed by atoms with Gasteiger partial charge in [-0.25, -0.2) is 0 Å². The third kappa shape index (κ3) is 4.76. The minimum Gasteiger partial charge on any atom is -0.382 e. The highest BCUT2D eigenvalue weighted by molar-refractivity contribution is 5.96. The lowest BCUT2D eigenvalue weighted by molar-refractivity contribution is 0.0330. The molecule has 1 aromatic heterocycles. The highest BCUT2D eigenvalue weighted by Gasteiger charge is 2.13. The molecule has 0 radical (unpaired) electrons. The summed E-state index contributed by atoms with van der Waals surface area (Å²) in [6.07, 6.45) is 1.15. The van der Waals surface area contributed by atoms with Gasteiger partial charge in [-0.2, -0.15) is 0 Å². The molecule has 0 aliphatic carbocycles. The van der Waals surface area contributed by atoms with Gasteiger partial charge < -0.3 is 14.9 Å². The summed E-state index contributed by atoms with van der Waals surface area (Å²) >= 11 is 0.